The molecule has 1 heterocycles. The first-order valence-corrected chi connectivity index (χ1v) is 9.66. The Morgan fingerprint density at radius 2 is 1.88 bits per heavy atom. The lowest BCUT2D eigenvalue weighted by atomic mass is 9.98. The molecule has 0 N–H and O–H groups in total. The third-order valence-corrected chi connectivity index (χ3v) is 6.39. The lowest BCUT2D eigenvalue weighted by Gasteiger charge is -2.34. The second kappa shape index (κ2) is 7.82. The summed E-state index contributed by atoms with van der Waals surface area (Å²) in [7, 11) is 1.29. The zero-order chi connectivity index (χ0) is 17.9. The summed E-state index contributed by atoms with van der Waals surface area (Å²) in [6.07, 6.45) is 1.40. The van der Waals surface area contributed by atoms with Gasteiger partial charge in [-0.05, 0) is 30.5 Å². The Bertz CT molecular complexity index is 676. The molecular weight excluding hydrogens is 350 g/mol. The summed E-state index contributed by atoms with van der Waals surface area (Å²) in [5.41, 5.74) is 0.990. The maximum atomic E-state index is 12.7. The first-order chi connectivity index (χ1) is 11.2. The zero-order valence-electron chi connectivity index (χ0n) is 14.3. The molecule has 0 bridgehead atoms. The highest BCUT2D eigenvalue weighted by molar-refractivity contribution is 7.86. The Morgan fingerprint density at radius 1 is 1.25 bits per heavy atom. The molecular formula is C16H24ClN3O3S. The van der Waals surface area contributed by atoms with Gasteiger partial charge in [0.1, 0.15) is 0 Å². The van der Waals surface area contributed by atoms with Gasteiger partial charge in [0.25, 0.3) is 10.2 Å². The van der Waals surface area contributed by atoms with Crippen LogP contribution < -0.4 is 0 Å². The van der Waals surface area contributed by atoms with Crippen molar-refractivity contribution in [2.75, 3.05) is 34.2 Å². The molecule has 6 nitrogen and oxygen atoms in total. The molecule has 0 spiro atoms. The van der Waals surface area contributed by atoms with E-state index in [0.29, 0.717) is 31.0 Å². The third-order valence-electron chi connectivity index (χ3n) is 4.23. The van der Waals surface area contributed by atoms with Gasteiger partial charge in [-0.3, -0.25) is 4.79 Å². The molecule has 1 fully saturated rings. The number of nitrogens with zero attached hydrogens (tertiary/aromatic N) is 3. The van der Waals surface area contributed by atoms with E-state index in [2.05, 4.69) is 0 Å². The number of hydrogen-bond acceptors (Lipinski definition) is 3. The van der Waals surface area contributed by atoms with Crippen molar-refractivity contribution in [3.05, 3.63) is 34.9 Å². The Morgan fingerprint density at radius 3 is 2.46 bits per heavy atom. The molecule has 0 saturated carbocycles. The Labute approximate surface area is 149 Å². The molecule has 24 heavy (non-hydrogen) atoms. The summed E-state index contributed by atoms with van der Waals surface area (Å²) in [5.74, 6) is -0.325. The number of carbonyl (C=O) groups is 1. The van der Waals surface area contributed by atoms with Gasteiger partial charge in [0, 0.05) is 45.8 Å². The second-order valence-corrected chi connectivity index (χ2v) is 8.89. The van der Waals surface area contributed by atoms with Crippen molar-refractivity contribution >= 4 is 27.7 Å². The summed E-state index contributed by atoms with van der Waals surface area (Å²) < 4.78 is 27.1. The van der Waals surface area contributed by atoms with Gasteiger partial charge in [-0.2, -0.15) is 17.0 Å². The predicted molar refractivity (Wildman–Crippen MR) is 94.8 cm³/mol. The van der Waals surface area contributed by atoms with E-state index in [4.69, 9.17) is 11.6 Å². The lowest BCUT2D eigenvalue weighted by molar-refractivity contribution is -0.135. The number of carbonyl (C=O) groups excluding carboxylic acids is 1. The van der Waals surface area contributed by atoms with E-state index in [-0.39, 0.29) is 18.4 Å². The average Bonchev–Trinajstić information content (AvgIpc) is 2.56. The smallest absolute Gasteiger partial charge is 0.281 e. The van der Waals surface area contributed by atoms with Crippen LogP contribution in [0.15, 0.2) is 24.3 Å². The van der Waals surface area contributed by atoms with E-state index in [1.165, 1.54) is 22.7 Å². The van der Waals surface area contributed by atoms with Crippen molar-refractivity contribution < 1.29 is 13.2 Å². The minimum absolute atomic E-state index is 0.0244. The molecule has 0 aromatic heterocycles. The van der Waals surface area contributed by atoms with Gasteiger partial charge in [0.15, 0.2) is 0 Å². The minimum atomic E-state index is -3.47. The molecule has 0 unspecified atom stereocenters. The number of hydrogen-bond donors (Lipinski definition) is 0. The molecule has 0 aliphatic carbocycles. The first-order valence-electron chi connectivity index (χ1n) is 7.89. The molecule has 1 atom stereocenters. The van der Waals surface area contributed by atoms with Crippen molar-refractivity contribution in [1.82, 2.24) is 13.5 Å². The third kappa shape index (κ3) is 4.47. The summed E-state index contributed by atoms with van der Waals surface area (Å²) in [6, 6.07) is 7.36. The summed E-state index contributed by atoms with van der Waals surface area (Å²) >= 11 is 5.87. The van der Waals surface area contributed by atoms with Crippen molar-refractivity contribution in [1.29, 1.82) is 0 Å². The molecule has 1 aromatic rings. The summed E-state index contributed by atoms with van der Waals surface area (Å²) in [6.45, 7) is 1.18. The number of amides is 1. The average molecular weight is 374 g/mol. The number of rotatable bonds is 5. The number of halogens is 1. The molecule has 1 aromatic carbocycles. The molecule has 2 rings (SSSR count). The van der Waals surface area contributed by atoms with Crippen LogP contribution in [0.5, 0.6) is 0 Å². The Balaban J connectivity index is 2.02. The predicted octanol–water partition coefficient (Wildman–Crippen LogP) is 1.82. The molecule has 1 aliphatic rings. The standard InChI is InChI=1S/C16H24ClN3O3S/c1-18(2)24(22,23)20-10-4-5-14(12-20)16(21)19(3)11-13-6-8-15(17)9-7-13/h6-9,14H,4-5,10-12H2,1-3H3/t14-/m1/s1. The summed E-state index contributed by atoms with van der Waals surface area (Å²) in [5, 5.41) is 0.657. The molecule has 1 saturated heterocycles. The van der Waals surface area contributed by atoms with Gasteiger partial charge in [0.2, 0.25) is 5.91 Å². The highest BCUT2D eigenvalue weighted by Gasteiger charge is 2.34. The fraction of sp³-hybridized carbons (Fsp3) is 0.562. The highest BCUT2D eigenvalue weighted by atomic mass is 35.5. The topological polar surface area (TPSA) is 60.9 Å². The van der Waals surface area contributed by atoms with Gasteiger partial charge in [-0.25, -0.2) is 0 Å². The van der Waals surface area contributed by atoms with Crippen LogP contribution in [-0.2, 0) is 21.5 Å². The maximum absolute atomic E-state index is 12.7. The highest BCUT2D eigenvalue weighted by Crippen LogP contribution is 2.22. The fourth-order valence-corrected chi connectivity index (χ4v) is 4.15. The normalized spacial score (nSPS) is 19.5. The van der Waals surface area contributed by atoms with Crippen LogP contribution in [0.4, 0.5) is 0 Å². The van der Waals surface area contributed by atoms with Crippen LogP contribution in [0.25, 0.3) is 0 Å². The SMILES string of the molecule is CN(Cc1ccc(Cl)cc1)C(=O)[C@@H]1CCCN(S(=O)(=O)N(C)C)C1. The van der Waals surface area contributed by atoms with E-state index < -0.39 is 10.2 Å². The van der Waals surface area contributed by atoms with Crippen molar-refractivity contribution in [3.8, 4) is 0 Å². The van der Waals surface area contributed by atoms with E-state index >= 15 is 0 Å². The van der Waals surface area contributed by atoms with E-state index in [1.807, 2.05) is 12.1 Å². The largest absolute Gasteiger partial charge is 0.341 e. The lowest BCUT2D eigenvalue weighted by Crippen LogP contribution is -2.48. The van der Waals surface area contributed by atoms with Crippen LogP contribution in [0.2, 0.25) is 5.02 Å². The number of benzene rings is 1. The second-order valence-electron chi connectivity index (χ2n) is 6.31. The molecule has 8 heteroatoms. The molecule has 1 amide bonds. The van der Waals surface area contributed by atoms with E-state index in [9.17, 15) is 13.2 Å². The van der Waals surface area contributed by atoms with Crippen LogP contribution in [0.1, 0.15) is 18.4 Å². The maximum Gasteiger partial charge on any atom is 0.281 e. The monoisotopic (exact) mass is 373 g/mol. The van der Waals surface area contributed by atoms with Crippen LogP contribution >= 0.6 is 11.6 Å². The Hall–Kier alpha value is -1.15. The van der Waals surface area contributed by atoms with Crippen LogP contribution in [-0.4, -0.2) is 62.1 Å². The van der Waals surface area contributed by atoms with Crippen LogP contribution in [0, 0.1) is 5.92 Å². The molecule has 0 radical (unpaired) electrons. The zero-order valence-corrected chi connectivity index (χ0v) is 15.8. The number of piperidine rings is 1. The first kappa shape index (κ1) is 19.2. The van der Waals surface area contributed by atoms with Crippen molar-refractivity contribution in [3.63, 3.8) is 0 Å². The quantitative estimate of drug-likeness (QED) is 0.790. The minimum Gasteiger partial charge on any atom is -0.341 e. The Kier molecular flexibility index (Phi) is 6.25. The van der Waals surface area contributed by atoms with Gasteiger partial charge < -0.3 is 4.90 Å². The van der Waals surface area contributed by atoms with Gasteiger partial charge in [0.05, 0.1) is 5.92 Å². The van der Waals surface area contributed by atoms with Gasteiger partial charge in [-0.1, -0.05) is 23.7 Å². The van der Waals surface area contributed by atoms with E-state index in [0.717, 1.165) is 5.56 Å². The molecule has 1 aliphatic heterocycles. The van der Waals surface area contributed by atoms with E-state index in [1.54, 1.807) is 24.1 Å². The van der Waals surface area contributed by atoms with Crippen molar-refractivity contribution in [2.24, 2.45) is 5.92 Å². The van der Waals surface area contributed by atoms with Crippen molar-refractivity contribution in [2.45, 2.75) is 19.4 Å². The molecule has 134 valence electrons. The van der Waals surface area contributed by atoms with Crippen LogP contribution in [0.3, 0.4) is 0 Å². The van der Waals surface area contributed by atoms with Gasteiger partial charge in [-0.15, -0.1) is 0 Å². The summed E-state index contributed by atoms with van der Waals surface area (Å²) in [4.78, 5) is 14.3. The van der Waals surface area contributed by atoms with Gasteiger partial charge >= 0.3 is 0 Å². The fourth-order valence-electron chi connectivity index (χ4n) is 2.84.